The number of ether oxygens (including phenoxy) is 6. The molecular weight excluding hydrogens is 278 g/mol. The van der Waals surface area contributed by atoms with Crippen LogP contribution in [-0.2, 0) is 28.4 Å². The van der Waals surface area contributed by atoms with E-state index in [1.807, 2.05) is 0 Å². The van der Waals surface area contributed by atoms with Gasteiger partial charge < -0.3 is 28.4 Å². The zero-order valence-electron chi connectivity index (χ0n) is 11.7. The fourth-order valence-corrected chi connectivity index (χ4v) is 1.11. The molecule has 0 saturated heterocycles. The van der Waals surface area contributed by atoms with Gasteiger partial charge in [0.2, 0.25) is 0 Å². The molecule has 0 rings (SSSR count). The molecule has 0 aromatic heterocycles. The number of hydrogen-bond donors (Lipinski definition) is 0. The van der Waals surface area contributed by atoms with E-state index in [0.717, 1.165) is 0 Å². The van der Waals surface area contributed by atoms with E-state index in [1.54, 1.807) is 0 Å². The first-order chi connectivity index (χ1) is 9.91. The van der Waals surface area contributed by atoms with Crippen LogP contribution in [0.25, 0.3) is 0 Å². The normalized spacial score (nSPS) is 11.1. The second kappa shape index (κ2) is 18.6. The van der Waals surface area contributed by atoms with Gasteiger partial charge in [0.25, 0.3) is 0 Å². The van der Waals surface area contributed by atoms with Crippen molar-refractivity contribution in [2.45, 2.75) is 0 Å². The summed E-state index contributed by atoms with van der Waals surface area (Å²) in [7, 11) is 0. The van der Waals surface area contributed by atoms with Gasteiger partial charge in [0, 0.05) is 0 Å². The summed E-state index contributed by atoms with van der Waals surface area (Å²) in [5.74, 6) is 0. The average Bonchev–Trinajstić information content (AvgIpc) is 2.47. The summed E-state index contributed by atoms with van der Waals surface area (Å²) in [6.07, 6.45) is 0. The molecule has 0 unspecified atom stereocenters. The van der Waals surface area contributed by atoms with E-state index >= 15 is 0 Å². The molecule has 0 aliphatic heterocycles. The van der Waals surface area contributed by atoms with E-state index in [1.165, 1.54) is 0 Å². The largest absolute Gasteiger partial charge is 0.377 e. The Morgan fingerprint density at radius 1 is 0.350 bits per heavy atom. The Morgan fingerprint density at radius 3 is 0.750 bits per heavy atom. The van der Waals surface area contributed by atoms with Crippen LogP contribution in [0, 0.1) is 0 Å². The molecule has 0 bridgehead atoms. The Labute approximate surface area is 118 Å². The van der Waals surface area contributed by atoms with Crippen molar-refractivity contribution in [3.05, 3.63) is 0 Å². The molecule has 0 aliphatic rings. The number of halogens is 2. The van der Waals surface area contributed by atoms with E-state index in [4.69, 9.17) is 18.9 Å². The Morgan fingerprint density at radius 2 is 0.550 bits per heavy atom. The third-order valence-corrected chi connectivity index (χ3v) is 2.01. The maximum absolute atomic E-state index is 11.5. The minimum absolute atomic E-state index is 0.246. The van der Waals surface area contributed by atoms with Gasteiger partial charge in [0.15, 0.2) is 13.7 Å². The van der Waals surface area contributed by atoms with E-state index < -0.39 is 13.7 Å². The molecule has 0 aliphatic carbocycles. The molecule has 0 saturated carbocycles. The molecule has 6 nitrogen and oxygen atoms in total. The van der Waals surface area contributed by atoms with Crippen LogP contribution in [0.15, 0.2) is 0 Å². The fraction of sp³-hybridized carbons (Fsp3) is 1.00. The maximum Gasteiger partial charge on any atom is 0.188 e. The van der Waals surface area contributed by atoms with Crippen LogP contribution in [0.2, 0.25) is 0 Å². The molecule has 0 spiro atoms. The van der Waals surface area contributed by atoms with Crippen molar-refractivity contribution in [2.24, 2.45) is 0 Å². The van der Waals surface area contributed by atoms with Gasteiger partial charge in [-0.2, -0.15) is 0 Å². The predicted molar refractivity (Wildman–Crippen MR) is 67.1 cm³/mol. The molecule has 0 N–H and O–H groups in total. The van der Waals surface area contributed by atoms with E-state index in [-0.39, 0.29) is 13.2 Å². The molecule has 0 atom stereocenters. The van der Waals surface area contributed by atoms with Gasteiger partial charge in [-0.15, -0.1) is 0 Å². The van der Waals surface area contributed by atoms with Crippen molar-refractivity contribution in [1.82, 2.24) is 0 Å². The first-order valence-electron chi connectivity index (χ1n) is 6.50. The van der Waals surface area contributed by atoms with Crippen LogP contribution in [0.1, 0.15) is 0 Å². The molecule has 0 radical (unpaired) electrons. The smallest absolute Gasteiger partial charge is 0.188 e. The first-order valence-corrected chi connectivity index (χ1v) is 6.50. The van der Waals surface area contributed by atoms with Gasteiger partial charge in [-0.1, -0.05) is 0 Å². The summed E-state index contributed by atoms with van der Waals surface area (Å²) in [6, 6.07) is 0. The summed E-state index contributed by atoms with van der Waals surface area (Å²) in [5.41, 5.74) is 0. The highest BCUT2D eigenvalue weighted by Gasteiger charge is 1.93. The fourth-order valence-electron chi connectivity index (χ4n) is 1.11. The van der Waals surface area contributed by atoms with Crippen LogP contribution >= 0.6 is 0 Å². The second-order valence-corrected chi connectivity index (χ2v) is 3.48. The van der Waals surface area contributed by atoms with Crippen LogP contribution in [0.3, 0.4) is 0 Å². The summed E-state index contributed by atoms with van der Waals surface area (Å²) in [5, 5.41) is 0. The topological polar surface area (TPSA) is 55.4 Å². The number of alkyl halides is 2. The van der Waals surface area contributed by atoms with Crippen molar-refractivity contribution in [3.8, 4) is 0 Å². The molecule has 8 heteroatoms. The van der Waals surface area contributed by atoms with E-state index in [9.17, 15) is 8.78 Å². The lowest BCUT2D eigenvalue weighted by Crippen LogP contribution is -2.13. The Hall–Kier alpha value is -0.380. The van der Waals surface area contributed by atoms with Crippen LogP contribution in [-0.4, -0.2) is 79.8 Å². The lowest BCUT2D eigenvalue weighted by Gasteiger charge is -2.07. The molecule has 0 aromatic rings. The van der Waals surface area contributed by atoms with Crippen molar-refractivity contribution in [1.29, 1.82) is 0 Å². The summed E-state index contributed by atoms with van der Waals surface area (Å²) in [4.78, 5) is 0. The standard InChI is InChI=1S/C12H24F2O6/c13-11-19-9-7-17-5-3-15-1-2-16-4-6-18-8-10-20-12-14/h1-12H2. The first kappa shape index (κ1) is 19.6. The number of hydrogen-bond acceptors (Lipinski definition) is 6. The molecule has 0 amide bonds. The predicted octanol–water partition coefficient (Wildman–Crippen LogP) is 0.940. The average molecular weight is 302 g/mol. The Kier molecular flexibility index (Phi) is 18.3. The van der Waals surface area contributed by atoms with Gasteiger partial charge in [-0.3, -0.25) is 0 Å². The maximum atomic E-state index is 11.5. The van der Waals surface area contributed by atoms with Crippen molar-refractivity contribution >= 4 is 0 Å². The molecule has 0 fully saturated rings. The summed E-state index contributed by atoms with van der Waals surface area (Å²) >= 11 is 0. The Bertz CT molecular complexity index is 158. The van der Waals surface area contributed by atoms with E-state index in [0.29, 0.717) is 52.9 Å². The van der Waals surface area contributed by atoms with Crippen LogP contribution < -0.4 is 0 Å². The second-order valence-electron chi connectivity index (χ2n) is 3.48. The monoisotopic (exact) mass is 302 g/mol. The van der Waals surface area contributed by atoms with Crippen LogP contribution in [0.5, 0.6) is 0 Å². The Balaban J connectivity index is 2.89. The minimum atomic E-state index is -0.788. The zero-order valence-corrected chi connectivity index (χ0v) is 11.7. The third-order valence-electron chi connectivity index (χ3n) is 2.01. The lowest BCUT2D eigenvalue weighted by atomic mass is 10.7. The van der Waals surface area contributed by atoms with Crippen molar-refractivity contribution in [3.63, 3.8) is 0 Å². The highest BCUT2D eigenvalue weighted by atomic mass is 19.1. The summed E-state index contributed by atoms with van der Waals surface area (Å²) in [6.45, 7) is 2.34. The SMILES string of the molecule is FCOCCOCCOCCOCCOCCOCF. The molecule has 20 heavy (non-hydrogen) atoms. The zero-order chi connectivity index (χ0) is 14.7. The minimum Gasteiger partial charge on any atom is -0.377 e. The summed E-state index contributed by atoms with van der Waals surface area (Å²) < 4.78 is 52.7. The highest BCUT2D eigenvalue weighted by Crippen LogP contribution is 1.84. The van der Waals surface area contributed by atoms with Crippen LogP contribution in [0.4, 0.5) is 8.78 Å². The molecule has 0 heterocycles. The van der Waals surface area contributed by atoms with Gasteiger partial charge in [-0.25, -0.2) is 8.78 Å². The van der Waals surface area contributed by atoms with Crippen molar-refractivity contribution < 1.29 is 37.2 Å². The van der Waals surface area contributed by atoms with Gasteiger partial charge in [0.05, 0.1) is 66.1 Å². The van der Waals surface area contributed by atoms with E-state index in [2.05, 4.69) is 9.47 Å². The van der Waals surface area contributed by atoms with Crippen molar-refractivity contribution in [2.75, 3.05) is 79.8 Å². The molecule has 122 valence electrons. The van der Waals surface area contributed by atoms with Gasteiger partial charge >= 0.3 is 0 Å². The number of rotatable bonds is 17. The van der Waals surface area contributed by atoms with Gasteiger partial charge in [-0.05, 0) is 0 Å². The third kappa shape index (κ3) is 17.6. The lowest BCUT2D eigenvalue weighted by molar-refractivity contribution is -0.0271. The highest BCUT2D eigenvalue weighted by molar-refractivity contribution is 4.35. The molecule has 0 aromatic carbocycles. The van der Waals surface area contributed by atoms with Gasteiger partial charge in [0.1, 0.15) is 0 Å². The molecular formula is C12H24F2O6. The quantitative estimate of drug-likeness (QED) is 0.373.